The molecule has 7 heterocycles. The molecule has 0 aliphatic carbocycles. The van der Waals surface area contributed by atoms with Crippen molar-refractivity contribution in [3.05, 3.63) is 298 Å². The number of fused-ring (bicyclic) bond motifs is 7. The standard InChI is InChI=1S/7C9H7N.7C2H6/c7*1-2-6-9-8(4-1)5-3-7-10-9;7*1-2/h7*1-7H;7*1-2H3. The predicted molar refractivity (Wildman–Crippen MR) is 372 cm³/mol. The second-order valence-corrected chi connectivity index (χ2v) is 15.4. The zero-order valence-corrected chi connectivity index (χ0v) is 52.4. The summed E-state index contributed by atoms with van der Waals surface area (Å²) in [4.78, 5) is 29.3. The van der Waals surface area contributed by atoms with Gasteiger partial charge in [-0.15, -0.1) is 0 Å². The highest BCUT2D eigenvalue weighted by molar-refractivity contribution is 5.81. The topological polar surface area (TPSA) is 90.2 Å². The van der Waals surface area contributed by atoms with Crippen LogP contribution < -0.4 is 0 Å². The van der Waals surface area contributed by atoms with Gasteiger partial charge in [0.1, 0.15) is 0 Å². The molecule has 0 radical (unpaired) electrons. The normalized spacial score (nSPS) is 8.83. The van der Waals surface area contributed by atoms with E-state index in [-0.39, 0.29) is 0 Å². The fraction of sp³-hybridized carbons (Fsp3) is 0.182. The van der Waals surface area contributed by atoms with Gasteiger partial charge in [0.2, 0.25) is 0 Å². The van der Waals surface area contributed by atoms with Gasteiger partial charge in [0.15, 0.2) is 0 Å². The van der Waals surface area contributed by atoms with Gasteiger partial charge in [-0.05, 0) is 84.9 Å². The number of nitrogens with zero attached hydrogens (tertiary/aromatic N) is 7. The van der Waals surface area contributed by atoms with Gasteiger partial charge >= 0.3 is 0 Å². The number of rotatable bonds is 0. The molecular formula is C77H91N7. The molecule has 84 heavy (non-hydrogen) atoms. The molecule has 7 nitrogen and oxygen atoms in total. The molecule has 0 bridgehead atoms. The van der Waals surface area contributed by atoms with Crippen LogP contribution in [0, 0.1) is 0 Å². The molecule has 0 aliphatic heterocycles. The quantitative estimate of drug-likeness (QED) is 0.149. The number of aromatic nitrogens is 7. The average molecular weight is 1110 g/mol. The fourth-order valence-corrected chi connectivity index (χ4v) is 7.11. The molecule has 0 fully saturated rings. The maximum absolute atomic E-state index is 4.18. The third kappa shape index (κ3) is 27.2. The highest BCUT2D eigenvalue weighted by Gasteiger charge is 1.92. The van der Waals surface area contributed by atoms with Crippen molar-refractivity contribution in [1.82, 2.24) is 34.9 Å². The third-order valence-electron chi connectivity index (χ3n) is 10.6. The van der Waals surface area contributed by atoms with Gasteiger partial charge in [0.25, 0.3) is 0 Å². The fourth-order valence-electron chi connectivity index (χ4n) is 7.11. The van der Waals surface area contributed by atoms with Gasteiger partial charge in [0, 0.05) is 81.1 Å². The van der Waals surface area contributed by atoms with Crippen molar-refractivity contribution in [2.75, 3.05) is 0 Å². The average Bonchev–Trinajstić information content (AvgIpc) is 3.63. The van der Waals surface area contributed by atoms with E-state index in [0.717, 1.165) is 38.6 Å². The summed E-state index contributed by atoms with van der Waals surface area (Å²) in [6.07, 6.45) is 12.7. The highest BCUT2D eigenvalue weighted by Crippen LogP contribution is 2.13. The lowest BCUT2D eigenvalue weighted by atomic mass is 10.2. The Morgan fingerprint density at radius 3 is 0.333 bits per heavy atom. The van der Waals surface area contributed by atoms with Crippen LogP contribution in [0.5, 0.6) is 0 Å². The SMILES string of the molecule is CC.CC.CC.CC.CC.CC.CC.c1ccc2ncccc2c1.c1ccc2ncccc2c1.c1ccc2ncccc2c1.c1ccc2ncccc2c1.c1ccc2ncccc2c1.c1ccc2ncccc2c1.c1ccc2ncccc2c1. The smallest absolute Gasteiger partial charge is 0.0701 e. The number of benzene rings is 7. The Morgan fingerprint density at radius 1 is 0.131 bits per heavy atom. The second kappa shape index (κ2) is 49.2. The van der Waals surface area contributed by atoms with E-state index in [1.54, 1.807) is 0 Å². The van der Waals surface area contributed by atoms with Crippen LogP contribution in [0.1, 0.15) is 96.9 Å². The zero-order chi connectivity index (χ0) is 61.7. The summed E-state index contributed by atoms with van der Waals surface area (Å²) in [5.41, 5.74) is 7.42. The molecule has 14 aromatic rings. The van der Waals surface area contributed by atoms with E-state index in [1.165, 1.54) is 37.7 Å². The minimum atomic E-state index is 1.06. The van der Waals surface area contributed by atoms with Crippen LogP contribution in [0.3, 0.4) is 0 Å². The molecule has 0 saturated carbocycles. The Labute approximate surface area is 503 Å². The van der Waals surface area contributed by atoms with Gasteiger partial charge in [0.05, 0.1) is 38.6 Å². The lowest BCUT2D eigenvalue weighted by molar-refractivity contribution is 1.41. The second-order valence-electron chi connectivity index (χ2n) is 15.4. The Balaban J connectivity index is 0.000000473. The van der Waals surface area contributed by atoms with Gasteiger partial charge in [-0.1, -0.05) is 267 Å². The summed E-state index contributed by atoms with van der Waals surface area (Å²) in [6, 6.07) is 84.6. The number of hydrogen-bond acceptors (Lipinski definition) is 7. The van der Waals surface area contributed by atoms with Crippen molar-refractivity contribution in [2.24, 2.45) is 0 Å². The first kappa shape index (κ1) is 72.4. The zero-order valence-electron chi connectivity index (χ0n) is 52.4. The molecule has 0 atom stereocenters. The molecule has 7 aromatic heterocycles. The molecule has 0 spiro atoms. The molecule has 7 heteroatoms. The first-order valence-corrected chi connectivity index (χ1v) is 29.9. The van der Waals surface area contributed by atoms with Crippen LogP contribution in [0.2, 0.25) is 0 Å². The van der Waals surface area contributed by atoms with Gasteiger partial charge in [-0.2, -0.15) is 0 Å². The molecule has 14 rings (SSSR count). The largest absolute Gasteiger partial charge is 0.256 e. The highest BCUT2D eigenvalue weighted by atomic mass is 14.7. The van der Waals surface area contributed by atoms with Crippen LogP contribution >= 0.6 is 0 Å². The Morgan fingerprint density at radius 2 is 0.226 bits per heavy atom. The van der Waals surface area contributed by atoms with Crippen molar-refractivity contribution in [3.63, 3.8) is 0 Å². The minimum Gasteiger partial charge on any atom is -0.256 e. The summed E-state index contributed by atoms with van der Waals surface area (Å²) in [5.74, 6) is 0. The van der Waals surface area contributed by atoms with Crippen molar-refractivity contribution >= 4 is 76.3 Å². The maximum atomic E-state index is 4.18. The van der Waals surface area contributed by atoms with Crippen LogP contribution in [0.15, 0.2) is 298 Å². The Hall–Kier alpha value is -9.59. The Kier molecular flexibility index (Phi) is 42.5. The van der Waals surface area contributed by atoms with E-state index < -0.39 is 0 Å². The Bertz CT molecular complexity index is 2630. The number of hydrogen-bond donors (Lipinski definition) is 0. The summed E-state index contributed by atoms with van der Waals surface area (Å²) in [7, 11) is 0. The van der Waals surface area contributed by atoms with E-state index in [4.69, 9.17) is 0 Å². The van der Waals surface area contributed by atoms with E-state index in [0.29, 0.717) is 0 Å². The van der Waals surface area contributed by atoms with Crippen molar-refractivity contribution in [1.29, 1.82) is 0 Å². The first-order valence-electron chi connectivity index (χ1n) is 29.9. The minimum absolute atomic E-state index is 1.06. The summed E-state index contributed by atoms with van der Waals surface area (Å²) >= 11 is 0. The van der Waals surface area contributed by atoms with Gasteiger partial charge in [-0.3, -0.25) is 34.9 Å². The molecule has 434 valence electrons. The predicted octanol–water partition coefficient (Wildman–Crippen LogP) is 22.8. The molecule has 0 aliphatic rings. The lowest BCUT2D eigenvalue weighted by Crippen LogP contribution is -1.73. The van der Waals surface area contributed by atoms with E-state index >= 15 is 0 Å². The third-order valence-corrected chi connectivity index (χ3v) is 10.6. The van der Waals surface area contributed by atoms with Crippen molar-refractivity contribution in [2.45, 2.75) is 96.9 Å². The van der Waals surface area contributed by atoms with Crippen LogP contribution in [0.4, 0.5) is 0 Å². The van der Waals surface area contributed by atoms with E-state index in [2.05, 4.69) is 120 Å². The molecule has 0 N–H and O–H groups in total. The molecular weight excluding hydrogens is 1020 g/mol. The molecule has 0 amide bonds. The van der Waals surface area contributed by atoms with E-state index in [9.17, 15) is 0 Å². The van der Waals surface area contributed by atoms with Gasteiger partial charge in [-0.25, -0.2) is 0 Å². The number of para-hydroxylation sites is 7. The lowest BCUT2D eigenvalue weighted by Gasteiger charge is -1.91. The molecule has 0 unspecified atom stereocenters. The molecule has 7 aromatic carbocycles. The van der Waals surface area contributed by atoms with Gasteiger partial charge < -0.3 is 0 Å². The first-order chi connectivity index (χ1) is 41.8. The maximum Gasteiger partial charge on any atom is 0.0701 e. The summed E-state index contributed by atoms with van der Waals surface area (Å²) in [6.45, 7) is 28.0. The molecule has 0 saturated heterocycles. The summed E-state index contributed by atoms with van der Waals surface area (Å²) in [5, 5.41) is 8.39. The van der Waals surface area contributed by atoms with Crippen LogP contribution in [0.25, 0.3) is 76.3 Å². The van der Waals surface area contributed by atoms with Crippen LogP contribution in [-0.4, -0.2) is 34.9 Å². The van der Waals surface area contributed by atoms with Crippen molar-refractivity contribution < 1.29 is 0 Å². The number of pyridine rings is 7. The van der Waals surface area contributed by atoms with Crippen molar-refractivity contribution in [3.8, 4) is 0 Å². The van der Waals surface area contributed by atoms with E-state index in [1.807, 2.05) is 310 Å². The van der Waals surface area contributed by atoms with Crippen LogP contribution in [-0.2, 0) is 0 Å². The summed E-state index contributed by atoms with van der Waals surface area (Å²) < 4.78 is 0. The monoisotopic (exact) mass is 1110 g/mol.